The predicted octanol–water partition coefficient (Wildman–Crippen LogP) is 5.01. The number of aryl methyl sites for hydroxylation is 2. The van der Waals surface area contributed by atoms with E-state index in [9.17, 15) is 5.26 Å². The second-order valence-electron chi connectivity index (χ2n) is 5.23. The summed E-state index contributed by atoms with van der Waals surface area (Å²) in [6.07, 6.45) is 1.83. The molecule has 2 aromatic carbocycles. The van der Waals surface area contributed by atoms with Gasteiger partial charge >= 0.3 is 0 Å². The van der Waals surface area contributed by atoms with Crippen LogP contribution in [0.2, 0.25) is 0 Å². The molecule has 108 valence electrons. The van der Waals surface area contributed by atoms with Crippen molar-refractivity contribution in [2.75, 3.05) is 0 Å². The van der Waals surface area contributed by atoms with E-state index in [4.69, 9.17) is 0 Å². The molecule has 0 radical (unpaired) electrons. The van der Waals surface area contributed by atoms with Crippen LogP contribution in [0.25, 0.3) is 22.7 Å². The molecular weight excluding hydrogens is 338 g/mol. The zero-order chi connectivity index (χ0) is 15.7. The summed E-state index contributed by atoms with van der Waals surface area (Å²) in [4.78, 5) is 7.79. The molecule has 3 nitrogen and oxygen atoms in total. The zero-order valence-electron chi connectivity index (χ0n) is 12.3. The third-order valence-electron chi connectivity index (χ3n) is 3.68. The molecule has 3 aromatic rings. The smallest absolute Gasteiger partial charge is 0.149 e. The van der Waals surface area contributed by atoms with Gasteiger partial charge in [-0.15, -0.1) is 0 Å². The number of aromatic amines is 1. The van der Waals surface area contributed by atoms with E-state index in [1.165, 1.54) is 11.1 Å². The Hall–Kier alpha value is -2.38. The number of imidazole rings is 1. The van der Waals surface area contributed by atoms with Crippen molar-refractivity contribution < 1.29 is 0 Å². The van der Waals surface area contributed by atoms with E-state index >= 15 is 0 Å². The number of rotatable bonds is 2. The topological polar surface area (TPSA) is 52.5 Å². The van der Waals surface area contributed by atoms with Crippen LogP contribution < -0.4 is 0 Å². The highest BCUT2D eigenvalue weighted by Crippen LogP contribution is 2.24. The molecule has 4 heteroatoms. The predicted molar refractivity (Wildman–Crippen MR) is 93.2 cm³/mol. The van der Waals surface area contributed by atoms with Crippen LogP contribution in [0.5, 0.6) is 0 Å². The number of H-pyrrole nitrogens is 1. The molecule has 0 aliphatic rings. The minimum absolute atomic E-state index is 0.512. The van der Waals surface area contributed by atoms with Crippen LogP contribution in [-0.4, -0.2) is 9.97 Å². The highest BCUT2D eigenvalue weighted by atomic mass is 79.9. The molecule has 0 amide bonds. The van der Waals surface area contributed by atoms with E-state index in [0.29, 0.717) is 11.4 Å². The summed E-state index contributed by atoms with van der Waals surface area (Å²) < 4.78 is 0.950. The van der Waals surface area contributed by atoms with E-state index in [2.05, 4.69) is 51.9 Å². The van der Waals surface area contributed by atoms with Crippen molar-refractivity contribution in [2.24, 2.45) is 0 Å². The maximum atomic E-state index is 9.47. The van der Waals surface area contributed by atoms with Gasteiger partial charge in [0.2, 0.25) is 0 Å². The number of nitrogens with zero attached hydrogens (tertiary/aromatic N) is 2. The standard InChI is InChI=1S/C18H14BrN3/c1-11-7-16-17(8-12(11)2)22-18(21-16)14(10-20)9-13-5-3-4-6-15(13)19/h3-9H,1-2H3,(H,21,22)/b14-9-. The van der Waals surface area contributed by atoms with Crippen molar-refractivity contribution in [3.05, 3.63) is 63.4 Å². The molecule has 0 saturated carbocycles. The van der Waals surface area contributed by atoms with Crippen molar-refractivity contribution in [1.82, 2.24) is 9.97 Å². The number of halogens is 1. The first-order chi connectivity index (χ1) is 10.6. The summed E-state index contributed by atoms with van der Waals surface area (Å²) in [6.45, 7) is 4.13. The Balaban J connectivity index is 2.12. The Bertz CT molecular complexity index is 890. The van der Waals surface area contributed by atoms with Crippen LogP contribution >= 0.6 is 15.9 Å². The number of benzene rings is 2. The van der Waals surface area contributed by atoms with Gasteiger partial charge in [-0.2, -0.15) is 5.26 Å². The fourth-order valence-corrected chi connectivity index (χ4v) is 2.70. The first kappa shape index (κ1) is 14.6. The minimum Gasteiger partial charge on any atom is -0.337 e. The number of hydrogen-bond donors (Lipinski definition) is 1. The summed E-state index contributed by atoms with van der Waals surface area (Å²) >= 11 is 3.50. The molecule has 0 spiro atoms. The van der Waals surface area contributed by atoms with Crippen molar-refractivity contribution in [1.29, 1.82) is 5.26 Å². The molecule has 22 heavy (non-hydrogen) atoms. The summed E-state index contributed by atoms with van der Waals surface area (Å²) in [7, 11) is 0. The first-order valence-electron chi connectivity index (χ1n) is 6.92. The van der Waals surface area contributed by atoms with Crippen molar-refractivity contribution in [3.63, 3.8) is 0 Å². The van der Waals surface area contributed by atoms with E-state index < -0.39 is 0 Å². The van der Waals surface area contributed by atoms with E-state index in [0.717, 1.165) is 21.1 Å². The van der Waals surface area contributed by atoms with Gasteiger partial charge in [0.05, 0.1) is 16.6 Å². The molecule has 0 bridgehead atoms. The second-order valence-corrected chi connectivity index (χ2v) is 6.08. The van der Waals surface area contributed by atoms with Gasteiger partial charge in [-0.25, -0.2) is 4.98 Å². The minimum atomic E-state index is 0.512. The molecule has 0 aliphatic heterocycles. The Labute approximate surface area is 137 Å². The fourth-order valence-electron chi connectivity index (χ4n) is 2.30. The van der Waals surface area contributed by atoms with Crippen LogP contribution in [0, 0.1) is 25.2 Å². The lowest BCUT2D eigenvalue weighted by molar-refractivity contribution is 1.27. The first-order valence-corrected chi connectivity index (χ1v) is 7.71. The molecule has 0 saturated heterocycles. The van der Waals surface area contributed by atoms with Gasteiger partial charge in [0.15, 0.2) is 0 Å². The quantitative estimate of drug-likeness (QED) is 0.660. The van der Waals surface area contributed by atoms with Crippen LogP contribution in [0.1, 0.15) is 22.5 Å². The Morgan fingerprint density at radius 1 is 1.23 bits per heavy atom. The summed E-state index contributed by atoms with van der Waals surface area (Å²) in [6, 6.07) is 14.1. The number of aromatic nitrogens is 2. The van der Waals surface area contributed by atoms with Gasteiger partial charge < -0.3 is 4.98 Å². The maximum absolute atomic E-state index is 9.47. The monoisotopic (exact) mass is 351 g/mol. The lowest BCUT2D eigenvalue weighted by atomic mass is 10.1. The van der Waals surface area contributed by atoms with Gasteiger partial charge in [0.25, 0.3) is 0 Å². The summed E-state index contributed by atoms with van der Waals surface area (Å²) in [5, 5.41) is 9.47. The van der Waals surface area contributed by atoms with Crippen molar-refractivity contribution in [2.45, 2.75) is 13.8 Å². The number of hydrogen-bond acceptors (Lipinski definition) is 2. The summed E-state index contributed by atoms with van der Waals surface area (Å²) in [5.74, 6) is 0.596. The molecule has 1 aromatic heterocycles. The Morgan fingerprint density at radius 3 is 2.68 bits per heavy atom. The third-order valence-corrected chi connectivity index (χ3v) is 4.40. The van der Waals surface area contributed by atoms with Gasteiger partial charge in [-0.05, 0) is 54.8 Å². The Kier molecular flexibility index (Phi) is 3.82. The molecule has 0 aliphatic carbocycles. The lowest BCUT2D eigenvalue weighted by Crippen LogP contribution is -1.85. The average molecular weight is 352 g/mol. The number of nitriles is 1. The van der Waals surface area contributed by atoms with E-state index in [-0.39, 0.29) is 0 Å². The number of nitrogens with one attached hydrogen (secondary N) is 1. The fraction of sp³-hybridized carbons (Fsp3) is 0.111. The largest absolute Gasteiger partial charge is 0.337 e. The van der Waals surface area contributed by atoms with E-state index in [1.807, 2.05) is 36.4 Å². The second kappa shape index (κ2) is 5.78. The molecule has 0 unspecified atom stereocenters. The molecule has 1 heterocycles. The van der Waals surface area contributed by atoms with Crippen molar-refractivity contribution >= 4 is 38.6 Å². The SMILES string of the molecule is Cc1cc2nc(/C(C#N)=C\c3ccccc3Br)[nH]c2cc1C. The van der Waals surface area contributed by atoms with Crippen molar-refractivity contribution in [3.8, 4) is 6.07 Å². The van der Waals surface area contributed by atoms with Crippen LogP contribution in [-0.2, 0) is 0 Å². The van der Waals surface area contributed by atoms with Crippen LogP contribution in [0.3, 0.4) is 0 Å². The highest BCUT2D eigenvalue weighted by molar-refractivity contribution is 9.10. The zero-order valence-corrected chi connectivity index (χ0v) is 13.9. The Morgan fingerprint density at radius 2 is 1.95 bits per heavy atom. The summed E-state index contributed by atoms with van der Waals surface area (Å²) in [5.41, 5.74) is 5.69. The number of fused-ring (bicyclic) bond motifs is 1. The van der Waals surface area contributed by atoms with Gasteiger partial charge in [0.1, 0.15) is 11.9 Å². The lowest BCUT2D eigenvalue weighted by Gasteiger charge is -1.98. The maximum Gasteiger partial charge on any atom is 0.149 e. The van der Waals surface area contributed by atoms with Gasteiger partial charge in [-0.3, -0.25) is 0 Å². The molecule has 3 rings (SSSR count). The van der Waals surface area contributed by atoms with E-state index in [1.54, 1.807) is 0 Å². The molecule has 0 atom stereocenters. The van der Waals surface area contributed by atoms with Gasteiger partial charge in [0, 0.05) is 4.47 Å². The molecule has 0 fully saturated rings. The average Bonchev–Trinajstić information content (AvgIpc) is 2.89. The normalized spacial score (nSPS) is 11.6. The number of allylic oxidation sites excluding steroid dienone is 1. The van der Waals surface area contributed by atoms with Crippen LogP contribution in [0.4, 0.5) is 0 Å². The molecular formula is C18H14BrN3. The molecule has 1 N–H and O–H groups in total. The van der Waals surface area contributed by atoms with Gasteiger partial charge in [-0.1, -0.05) is 34.1 Å². The third kappa shape index (κ3) is 2.68. The van der Waals surface area contributed by atoms with Crippen LogP contribution in [0.15, 0.2) is 40.9 Å². The highest BCUT2D eigenvalue weighted by Gasteiger charge is 2.09.